The molecule has 0 radical (unpaired) electrons. The van der Waals surface area contributed by atoms with Gasteiger partial charge in [0.15, 0.2) is 6.10 Å². The molecule has 0 aromatic heterocycles. The van der Waals surface area contributed by atoms with Crippen LogP contribution in [0.2, 0.25) is 0 Å². The fourth-order valence-corrected chi connectivity index (χ4v) is 12.5. The minimum absolute atomic E-state index is 0.0542. The van der Waals surface area contributed by atoms with Gasteiger partial charge < -0.3 is 20.1 Å². The van der Waals surface area contributed by atoms with Crippen LogP contribution in [0.5, 0.6) is 0 Å². The summed E-state index contributed by atoms with van der Waals surface area (Å²) < 4.78 is 33.3. The first-order valence-corrected chi connectivity index (χ1v) is 40.9. The van der Waals surface area contributed by atoms with Crippen LogP contribution in [0.3, 0.4) is 0 Å². The van der Waals surface area contributed by atoms with Gasteiger partial charge in [0.05, 0.1) is 13.2 Å². The van der Waals surface area contributed by atoms with Crippen LogP contribution in [0, 0.1) is 0 Å². The molecule has 0 heterocycles. The normalized spacial score (nSPS) is 13.2. The molecule has 3 N–H and O–H groups in total. The molecule has 0 aromatic rings. The van der Waals surface area contributed by atoms with Crippen molar-refractivity contribution in [1.82, 2.24) is 0 Å². The molecule has 0 aromatic carbocycles. The first-order valence-electron chi connectivity index (χ1n) is 39.4. The first kappa shape index (κ1) is 88.5. The Balaban J connectivity index is 3.77. The maximum absolute atomic E-state index is 12.8. The van der Waals surface area contributed by atoms with Crippen molar-refractivity contribution in [2.24, 2.45) is 5.73 Å². The van der Waals surface area contributed by atoms with Gasteiger partial charge in [-0.2, -0.15) is 0 Å². The molecule has 0 aliphatic carbocycles. The number of carbonyl (C=O) groups excluding carboxylic acids is 2. The number of hydrogen-bond acceptors (Lipinski definition) is 8. The summed E-state index contributed by atoms with van der Waals surface area (Å²) in [6.45, 7) is 3.70. The van der Waals surface area contributed by atoms with E-state index in [1.807, 2.05) is 0 Å². The third kappa shape index (κ3) is 76.4. The largest absolute Gasteiger partial charge is 0.472 e. The van der Waals surface area contributed by atoms with Gasteiger partial charge in [-0.15, -0.1) is 0 Å². The van der Waals surface area contributed by atoms with Gasteiger partial charge in [-0.1, -0.05) is 376 Å². The van der Waals surface area contributed by atoms with Gasteiger partial charge in [0.1, 0.15) is 6.61 Å². The fraction of sp³-hybridized carbons (Fsp3) is 0.827. The highest BCUT2D eigenvalue weighted by atomic mass is 31.2. The molecule has 0 saturated carbocycles. The van der Waals surface area contributed by atoms with Crippen molar-refractivity contribution in [2.75, 3.05) is 26.4 Å². The second-order valence-corrected chi connectivity index (χ2v) is 28.0. The molecule has 0 saturated heterocycles. The lowest BCUT2D eigenvalue weighted by Crippen LogP contribution is -2.29. The van der Waals surface area contributed by atoms with Crippen molar-refractivity contribution in [3.63, 3.8) is 0 Å². The standard InChI is InChI=1S/C81H150NO8P/c1-3-5-7-9-11-13-15-17-19-21-23-25-27-29-31-33-35-37-38-39-40-42-43-45-47-49-51-53-55-57-59-61-63-65-67-69-71-73-80(83)87-77-79(78-89-91(85,86)88-76-75-82)90-81(84)74-72-70-68-66-64-62-60-58-56-54-52-50-48-46-44-41-36-34-32-30-28-26-24-22-20-18-16-14-12-10-8-6-4-2/h6,8,12,14,18,20-21,23-24,26,30,32,79H,3-5,7,9-11,13,15-17,19,22,25,27-29,31,33-78,82H2,1-2H3,(H,85,86)/b8-6-,14-12-,20-18-,23-21-,26-24-,32-30-. The summed E-state index contributed by atoms with van der Waals surface area (Å²) in [5.74, 6) is -0.807. The number of rotatable bonds is 75. The van der Waals surface area contributed by atoms with Crippen LogP contribution >= 0.6 is 7.82 Å². The lowest BCUT2D eigenvalue weighted by molar-refractivity contribution is -0.161. The van der Waals surface area contributed by atoms with Gasteiger partial charge in [0.2, 0.25) is 0 Å². The summed E-state index contributed by atoms with van der Waals surface area (Å²) in [4.78, 5) is 35.5. The number of nitrogens with two attached hydrogens (primary N) is 1. The molecule has 0 bridgehead atoms. The minimum atomic E-state index is -4.40. The molecule has 2 unspecified atom stereocenters. The number of phosphoric acid groups is 1. The van der Waals surface area contributed by atoms with E-state index in [1.54, 1.807) is 0 Å². The average molecular weight is 1300 g/mol. The first-order chi connectivity index (χ1) is 44.8. The van der Waals surface area contributed by atoms with Gasteiger partial charge in [0.25, 0.3) is 0 Å². The van der Waals surface area contributed by atoms with E-state index in [9.17, 15) is 19.0 Å². The van der Waals surface area contributed by atoms with Crippen LogP contribution < -0.4 is 5.73 Å². The number of esters is 2. The van der Waals surface area contributed by atoms with E-state index in [-0.39, 0.29) is 38.6 Å². The van der Waals surface area contributed by atoms with Gasteiger partial charge >= 0.3 is 19.8 Å². The zero-order valence-electron chi connectivity index (χ0n) is 60.1. The predicted molar refractivity (Wildman–Crippen MR) is 395 cm³/mol. The minimum Gasteiger partial charge on any atom is -0.462 e. The Labute approximate surface area is 564 Å². The Hall–Kier alpha value is -2.55. The fourth-order valence-electron chi connectivity index (χ4n) is 11.8. The summed E-state index contributed by atoms with van der Waals surface area (Å²) >= 11 is 0. The lowest BCUT2D eigenvalue weighted by Gasteiger charge is -2.19. The number of phosphoric ester groups is 1. The van der Waals surface area contributed by atoms with Gasteiger partial charge in [-0.05, 0) is 83.5 Å². The Morgan fingerprint density at radius 3 is 0.912 bits per heavy atom. The van der Waals surface area contributed by atoms with E-state index in [0.29, 0.717) is 6.42 Å². The lowest BCUT2D eigenvalue weighted by atomic mass is 10.0. The van der Waals surface area contributed by atoms with E-state index in [1.165, 1.54) is 295 Å². The zero-order valence-corrected chi connectivity index (χ0v) is 61.0. The number of hydrogen-bond donors (Lipinski definition) is 2. The molecule has 91 heavy (non-hydrogen) atoms. The van der Waals surface area contributed by atoms with Crippen molar-refractivity contribution in [3.8, 4) is 0 Å². The van der Waals surface area contributed by atoms with Gasteiger partial charge in [0, 0.05) is 19.4 Å². The van der Waals surface area contributed by atoms with Crippen LogP contribution in [-0.2, 0) is 32.7 Å². The molecule has 2 atom stereocenters. The third-order valence-corrected chi connectivity index (χ3v) is 18.6. The smallest absolute Gasteiger partial charge is 0.462 e. The van der Waals surface area contributed by atoms with Crippen LogP contribution in [0.25, 0.3) is 0 Å². The molecule has 0 fully saturated rings. The maximum Gasteiger partial charge on any atom is 0.472 e. The van der Waals surface area contributed by atoms with E-state index in [2.05, 4.69) is 86.8 Å². The SMILES string of the molecule is CC/C=C\C/C=C\C/C=C\C/C=C\C/C=C\CCCCCCCCCCCCCCCCCCCC(=O)OC(COC(=O)CCCCCCCCCCCCCCCCCCCCCCCCCCC/C=C\CCCCCCCCCC)COP(=O)(O)OCCN. The summed E-state index contributed by atoms with van der Waals surface area (Å²) in [5.41, 5.74) is 5.41. The quantitative estimate of drug-likeness (QED) is 0.0264. The monoisotopic (exact) mass is 1300 g/mol. The predicted octanol–water partition coefficient (Wildman–Crippen LogP) is 26.3. The molecular formula is C81H150NO8P. The Bertz CT molecular complexity index is 1720. The molecular weight excluding hydrogens is 1150 g/mol. The van der Waals surface area contributed by atoms with Gasteiger partial charge in [-0.3, -0.25) is 18.6 Å². The zero-order chi connectivity index (χ0) is 65.8. The van der Waals surface area contributed by atoms with Crippen molar-refractivity contribution in [1.29, 1.82) is 0 Å². The summed E-state index contributed by atoms with van der Waals surface area (Å²) in [5, 5.41) is 0. The molecule has 0 spiro atoms. The third-order valence-electron chi connectivity index (χ3n) is 17.6. The van der Waals surface area contributed by atoms with Crippen LogP contribution in [0.1, 0.15) is 399 Å². The van der Waals surface area contributed by atoms with Crippen LogP contribution in [-0.4, -0.2) is 49.3 Å². The maximum atomic E-state index is 12.8. The molecule has 0 aliphatic rings. The van der Waals surface area contributed by atoms with E-state index in [4.69, 9.17) is 24.3 Å². The summed E-state index contributed by atoms with van der Waals surface area (Å²) in [6.07, 6.45) is 102. The molecule has 0 amide bonds. The summed E-state index contributed by atoms with van der Waals surface area (Å²) in [7, 11) is -4.40. The Kier molecular flexibility index (Phi) is 74.3. The second-order valence-electron chi connectivity index (χ2n) is 26.6. The molecule has 532 valence electrons. The highest BCUT2D eigenvalue weighted by Gasteiger charge is 2.26. The number of ether oxygens (including phenoxy) is 2. The Morgan fingerprint density at radius 2 is 0.604 bits per heavy atom. The second kappa shape index (κ2) is 76.5. The number of carbonyl (C=O) groups is 2. The van der Waals surface area contributed by atoms with E-state index in [0.717, 1.165) is 70.6 Å². The highest BCUT2D eigenvalue weighted by Crippen LogP contribution is 2.43. The molecule has 0 aliphatic heterocycles. The van der Waals surface area contributed by atoms with Crippen molar-refractivity contribution < 1.29 is 37.6 Å². The molecule has 9 nitrogen and oxygen atoms in total. The number of allylic oxidation sites excluding steroid dienone is 12. The topological polar surface area (TPSA) is 134 Å². The molecule has 0 rings (SSSR count). The highest BCUT2D eigenvalue weighted by molar-refractivity contribution is 7.47. The van der Waals surface area contributed by atoms with Crippen LogP contribution in [0.15, 0.2) is 72.9 Å². The van der Waals surface area contributed by atoms with E-state index >= 15 is 0 Å². The van der Waals surface area contributed by atoms with Crippen molar-refractivity contribution >= 4 is 19.8 Å². The van der Waals surface area contributed by atoms with E-state index < -0.39 is 26.5 Å². The Morgan fingerprint density at radius 1 is 0.341 bits per heavy atom. The average Bonchev–Trinajstić information content (AvgIpc) is 3.74. The van der Waals surface area contributed by atoms with Gasteiger partial charge in [-0.25, -0.2) is 4.57 Å². The number of unbranched alkanes of at least 4 members (excludes halogenated alkanes) is 50. The molecule has 10 heteroatoms. The van der Waals surface area contributed by atoms with Crippen molar-refractivity contribution in [3.05, 3.63) is 72.9 Å². The van der Waals surface area contributed by atoms with Crippen LogP contribution in [0.4, 0.5) is 0 Å². The summed E-state index contributed by atoms with van der Waals surface area (Å²) in [6, 6.07) is 0. The van der Waals surface area contributed by atoms with Crippen molar-refractivity contribution in [2.45, 2.75) is 405 Å².